The lowest BCUT2D eigenvalue weighted by Crippen LogP contribution is -2.50. The van der Waals surface area contributed by atoms with E-state index >= 15 is 0 Å². The third-order valence-corrected chi connectivity index (χ3v) is 4.28. The molecule has 0 unspecified atom stereocenters. The van der Waals surface area contributed by atoms with Crippen molar-refractivity contribution in [3.63, 3.8) is 0 Å². The number of nitrogens with one attached hydrogen (secondary N) is 1. The fourth-order valence-electron chi connectivity index (χ4n) is 2.89. The first kappa shape index (κ1) is 17.7. The predicted molar refractivity (Wildman–Crippen MR) is 97.3 cm³/mol. The van der Waals surface area contributed by atoms with E-state index in [4.69, 9.17) is 4.74 Å². The Balaban J connectivity index is 1.73. The molecule has 0 saturated heterocycles. The first-order valence-electron chi connectivity index (χ1n) is 8.46. The van der Waals surface area contributed by atoms with Gasteiger partial charge in [-0.2, -0.15) is 0 Å². The summed E-state index contributed by atoms with van der Waals surface area (Å²) >= 11 is 0. The average molecular weight is 352 g/mol. The Kier molecular flexibility index (Phi) is 5.31. The number of carbonyl (C=O) groups excluding carboxylic acids is 3. The lowest BCUT2D eigenvalue weighted by atomic mass is 10.1. The molecule has 0 radical (unpaired) electrons. The monoisotopic (exact) mass is 352 g/mol. The van der Waals surface area contributed by atoms with Crippen molar-refractivity contribution in [2.45, 2.75) is 18.9 Å². The quantitative estimate of drug-likeness (QED) is 0.837. The van der Waals surface area contributed by atoms with E-state index in [0.29, 0.717) is 17.0 Å². The number of hydrogen-bond acceptors (Lipinski definition) is 4. The van der Waals surface area contributed by atoms with Crippen molar-refractivity contribution in [2.75, 3.05) is 18.5 Å². The Morgan fingerprint density at radius 2 is 1.73 bits per heavy atom. The van der Waals surface area contributed by atoms with Gasteiger partial charge in [0.25, 0.3) is 5.91 Å². The molecule has 26 heavy (non-hydrogen) atoms. The van der Waals surface area contributed by atoms with Crippen LogP contribution in [-0.2, 0) is 9.59 Å². The average Bonchev–Trinajstić information content (AvgIpc) is 2.70. The molecule has 1 aliphatic heterocycles. The van der Waals surface area contributed by atoms with Crippen LogP contribution in [0.5, 0.6) is 5.75 Å². The van der Waals surface area contributed by atoms with Gasteiger partial charge in [0.05, 0.1) is 12.2 Å². The number of para-hydroxylation sites is 2. The lowest BCUT2D eigenvalue weighted by molar-refractivity contribution is -0.127. The smallest absolute Gasteiger partial charge is 0.262 e. The second-order valence-electron chi connectivity index (χ2n) is 5.98. The number of likely N-dealkylation sites (N-methyl/N-ethyl adjacent to an activating group) is 1. The van der Waals surface area contributed by atoms with Crippen molar-refractivity contribution in [2.24, 2.45) is 0 Å². The second kappa shape index (κ2) is 7.82. The minimum absolute atomic E-state index is 0.0720. The van der Waals surface area contributed by atoms with Crippen LogP contribution in [0.15, 0.2) is 54.6 Å². The van der Waals surface area contributed by atoms with Gasteiger partial charge in [-0.15, -0.1) is 0 Å². The number of carbonyl (C=O) groups is 3. The maximum Gasteiger partial charge on any atom is 0.262 e. The van der Waals surface area contributed by atoms with Crippen molar-refractivity contribution >= 4 is 23.3 Å². The van der Waals surface area contributed by atoms with Gasteiger partial charge >= 0.3 is 0 Å². The van der Waals surface area contributed by atoms with Gasteiger partial charge in [0, 0.05) is 25.5 Å². The molecule has 2 aromatic rings. The SMILES string of the molecule is CNC(=O)[C@@H]1CN(C(=O)CCC(=O)c2ccccc2)c2ccccc2O1. The molecule has 0 bridgehead atoms. The van der Waals surface area contributed by atoms with Gasteiger partial charge in [-0.25, -0.2) is 0 Å². The standard InChI is InChI=1S/C20H20N2O4/c1-21-20(25)18-13-22(15-9-5-6-10-17(15)26-18)19(24)12-11-16(23)14-7-3-2-4-8-14/h2-10,18H,11-13H2,1H3,(H,21,25)/t18-/m0/s1. The van der Waals surface area contributed by atoms with E-state index in [-0.39, 0.29) is 37.0 Å². The molecular formula is C20H20N2O4. The van der Waals surface area contributed by atoms with Gasteiger partial charge in [-0.3, -0.25) is 14.4 Å². The molecule has 6 nitrogen and oxygen atoms in total. The minimum atomic E-state index is -0.774. The Hall–Kier alpha value is -3.15. The summed E-state index contributed by atoms with van der Waals surface area (Å²) in [5, 5.41) is 2.54. The van der Waals surface area contributed by atoms with Crippen LogP contribution in [0, 0.1) is 0 Å². The van der Waals surface area contributed by atoms with Crippen LogP contribution in [0.1, 0.15) is 23.2 Å². The van der Waals surface area contributed by atoms with E-state index in [2.05, 4.69) is 5.32 Å². The Bertz CT molecular complexity index is 820. The number of benzene rings is 2. The number of ether oxygens (including phenoxy) is 1. The van der Waals surface area contributed by atoms with E-state index in [1.54, 1.807) is 48.5 Å². The van der Waals surface area contributed by atoms with Crippen molar-refractivity contribution in [1.82, 2.24) is 5.32 Å². The number of Topliss-reactive ketones (excluding diaryl/α,β-unsaturated/α-hetero) is 1. The summed E-state index contributed by atoms with van der Waals surface area (Å²) in [5.74, 6) is -0.102. The van der Waals surface area contributed by atoms with Crippen LogP contribution in [-0.4, -0.2) is 37.3 Å². The minimum Gasteiger partial charge on any atom is -0.477 e. The Morgan fingerprint density at radius 3 is 2.46 bits per heavy atom. The molecule has 0 spiro atoms. The highest BCUT2D eigenvalue weighted by molar-refractivity contribution is 6.02. The maximum absolute atomic E-state index is 12.7. The van der Waals surface area contributed by atoms with Gasteiger partial charge in [0.15, 0.2) is 11.9 Å². The fourth-order valence-corrected chi connectivity index (χ4v) is 2.89. The van der Waals surface area contributed by atoms with Gasteiger partial charge in [0.2, 0.25) is 5.91 Å². The van der Waals surface area contributed by atoms with Gasteiger partial charge in [-0.1, -0.05) is 42.5 Å². The summed E-state index contributed by atoms with van der Waals surface area (Å²) in [7, 11) is 1.52. The van der Waals surface area contributed by atoms with Crippen LogP contribution >= 0.6 is 0 Å². The molecular weight excluding hydrogens is 332 g/mol. The van der Waals surface area contributed by atoms with Crippen molar-refractivity contribution in [3.05, 3.63) is 60.2 Å². The second-order valence-corrected chi connectivity index (χ2v) is 5.98. The molecule has 6 heteroatoms. The van der Waals surface area contributed by atoms with Crippen molar-refractivity contribution in [3.8, 4) is 5.75 Å². The van der Waals surface area contributed by atoms with Crippen LogP contribution in [0.3, 0.4) is 0 Å². The van der Waals surface area contributed by atoms with Crippen LogP contribution in [0.2, 0.25) is 0 Å². The maximum atomic E-state index is 12.7. The topological polar surface area (TPSA) is 75.7 Å². The highest BCUT2D eigenvalue weighted by Crippen LogP contribution is 2.33. The van der Waals surface area contributed by atoms with Gasteiger partial charge in [0.1, 0.15) is 5.75 Å². The normalized spacial score (nSPS) is 15.6. The molecule has 0 aromatic heterocycles. The van der Waals surface area contributed by atoms with Crippen molar-refractivity contribution in [1.29, 1.82) is 0 Å². The Morgan fingerprint density at radius 1 is 1.04 bits per heavy atom. The zero-order valence-electron chi connectivity index (χ0n) is 14.5. The molecule has 0 fully saturated rings. The molecule has 0 aliphatic carbocycles. The first-order valence-corrected chi connectivity index (χ1v) is 8.46. The number of anilines is 1. The van der Waals surface area contributed by atoms with E-state index in [9.17, 15) is 14.4 Å². The number of fused-ring (bicyclic) bond motifs is 1. The van der Waals surface area contributed by atoms with E-state index < -0.39 is 6.10 Å². The molecule has 1 aliphatic rings. The predicted octanol–water partition coefficient (Wildman–Crippen LogP) is 2.19. The number of rotatable bonds is 5. The molecule has 1 heterocycles. The highest BCUT2D eigenvalue weighted by atomic mass is 16.5. The third kappa shape index (κ3) is 3.74. The first-order chi connectivity index (χ1) is 12.6. The summed E-state index contributed by atoms with van der Waals surface area (Å²) < 4.78 is 5.69. The molecule has 2 amide bonds. The lowest BCUT2D eigenvalue weighted by Gasteiger charge is -2.34. The van der Waals surface area contributed by atoms with E-state index in [1.807, 2.05) is 6.07 Å². The number of ketones is 1. The molecule has 2 aromatic carbocycles. The largest absolute Gasteiger partial charge is 0.477 e. The van der Waals surface area contributed by atoms with Crippen LogP contribution in [0.4, 0.5) is 5.69 Å². The molecule has 134 valence electrons. The number of nitrogens with zero attached hydrogens (tertiary/aromatic N) is 1. The Labute approximate surface area is 151 Å². The zero-order valence-corrected chi connectivity index (χ0v) is 14.5. The van der Waals surface area contributed by atoms with Crippen molar-refractivity contribution < 1.29 is 19.1 Å². The fraction of sp³-hybridized carbons (Fsp3) is 0.250. The summed E-state index contributed by atoms with van der Waals surface area (Å²) in [6.07, 6.45) is -0.584. The van der Waals surface area contributed by atoms with Gasteiger partial charge < -0.3 is 15.0 Å². The molecule has 0 saturated carbocycles. The molecule has 1 N–H and O–H groups in total. The molecule has 3 rings (SSSR count). The summed E-state index contributed by atoms with van der Waals surface area (Å²) in [4.78, 5) is 38.5. The van der Waals surface area contributed by atoms with Crippen LogP contribution < -0.4 is 15.0 Å². The summed E-state index contributed by atoms with van der Waals surface area (Å²) in [6.45, 7) is 0.120. The summed E-state index contributed by atoms with van der Waals surface area (Å²) in [5.41, 5.74) is 1.20. The van der Waals surface area contributed by atoms with E-state index in [0.717, 1.165) is 0 Å². The van der Waals surface area contributed by atoms with Gasteiger partial charge in [-0.05, 0) is 12.1 Å². The number of hydrogen-bond donors (Lipinski definition) is 1. The number of amides is 2. The van der Waals surface area contributed by atoms with E-state index in [1.165, 1.54) is 11.9 Å². The van der Waals surface area contributed by atoms with Crippen LogP contribution in [0.25, 0.3) is 0 Å². The highest BCUT2D eigenvalue weighted by Gasteiger charge is 2.33. The summed E-state index contributed by atoms with van der Waals surface area (Å²) in [6, 6.07) is 16.0. The zero-order chi connectivity index (χ0) is 18.5. The molecule has 1 atom stereocenters. The third-order valence-electron chi connectivity index (χ3n) is 4.28.